The number of amides is 1. The van der Waals surface area contributed by atoms with Crippen LogP contribution in [-0.4, -0.2) is 35.0 Å². The maximum absolute atomic E-state index is 12.5. The van der Waals surface area contributed by atoms with Crippen molar-refractivity contribution in [2.24, 2.45) is 0 Å². The second kappa shape index (κ2) is 7.63. The SMILES string of the molecule is O=C(/C=C/c1ccco1)N1CCC(Oc2ccc(C(F)(F)F)cn2)CC1. The van der Waals surface area contributed by atoms with E-state index in [1.165, 1.54) is 18.4 Å². The van der Waals surface area contributed by atoms with Crippen molar-refractivity contribution >= 4 is 12.0 Å². The highest BCUT2D eigenvalue weighted by atomic mass is 19.4. The highest BCUT2D eigenvalue weighted by Crippen LogP contribution is 2.29. The third kappa shape index (κ3) is 4.65. The lowest BCUT2D eigenvalue weighted by molar-refractivity contribution is -0.137. The summed E-state index contributed by atoms with van der Waals surface area (Å²) in [4.78, 5) is 17.5. The van der Waals surface area contributed by atoms with E-state index in [-0.39, 0.29) is 17.9 Å². The monoisotopic (exact) mass is 366 g/mol. The van der Waals surface area contributed by atoms with Gasteiger partial charge in [-0.3, -0.25) is 4.79 Å². The average Bonchev–Trinajstić information content (AvgIpc) is 3.13. The molecule has 3 rings (SSSR count). The van der Waals surface area contributed by atoms with Crippen molar-refractivity contribution in [2.45, 2.75) is 25.1 Å². The summed E-state index contributed by atoms with van der Waals surface area (Å²) in [6, 6.07) is 5.65. The maximum atomic E-state index is 12.5. The minimum atomic E-state index is -4.42. The van der Waals surface area contributed by atoms with Gasteiger partial charge in [0.2, 0.25) is 11.8 Å². The highest BCUT2D eigenvalue weighted by molar-refractivity contribution is 5.91. The topological polar surface area (TPSA) is 55.6 Å². The van der Waals surface area contributed by atoms with Gasteiger partial charge in [0.25, 0.3) is 0 Å². The molecule has 8 heteroatoms. The summed E-state index contributed by atoms with van der Waals surface area (Å²) in [5, 5.41) is 0. The average molecular weight is 366 g/mol. The molecule has 1 aliphatic rings. The van der Waals surface area contributed by atoms with E-state index in [0.717, 1.165) is 12.3 Å². The van der Waals surface area contributed by atoms with E-state index in [0.29, 0.717) is 31.7 Å². The number of piperidine rings is 1. The largest absolute Gasteiger partial charge is 0.474 e. The third-order valence-corrected chi connectivity index (χ3v) is 4.04. The Kier molecular flexibility index (Phi) is 5.29. The molecule has 138 valence electrons. The number of pyridine rings is 1. The predicted octanol–water partition coefficient (Wildman–Crippen LogP) is 3.78. The minimum Gasteiger partial charge on any atom is -0.474 e. The van der Waals surface area contributed by atoms with Crippen LogP contribution in [0.4, 0.5) is 13.2 Å². The second-order valence-corrected chi connectivity index (χ2v) is 5.87. The molecule has 1 saturated heterocycles. The van der Waals surface area contributed by atoms with Crippen LogP contribution < -0.4 is 4.74 Å². The first-order chi connectivity index (χ1) is 12.4. The number of rotatable bonds is 4. The lowest BCUT2D eigenvalue weighted by atomic mass is 10.1. The molecule has 1 fully saturated rings. The molecule has 2 aromatic heterocycles. The first-order valence-corrected chi connectivity index (χ1v) is 8.12. The van der Waals surface area contributed by atoms with Gasteiger partial charge in [-0.25, -0.2) is 4.98 Å². The summed E-state index contributed by atoms with van der Waals surface area (Å²) in [6.45, 7) is 1.01. The predicted molar refractivity (Wildman–Crippen MR) is 87.2 cm³/mol. The molecule has 0 radical (unpaired) electrons. The Bertz CT molecular complexity index is 747. The van der Waals surface area contributed by atoms with Crippen molar-refractivity contribution in [1.82, 2.24) is 9.88 Å². The van der Waals surface area contributed by atoms with Gasteiger partial charge in [-0.15, -0.1) is 0 Å². The number of hydrogen-bond donors (Lipinski definition) is 0. The fourth-order valence-corrected chi connectivity index (χ4v) is 2.63. The molecular formula is C18H17F3N2O3. The lowest BCUT2D eigenvalue weighted by Gasteiger charge is -2.31. The molecule has 3 heterocycles. The molecule has 0 atom stereocenters. The van der Waals surface area contributed by atoms with Crippen LogP contribution in [0, 0.1) is 0 Å². The lowest BCUT2D eigenvalue weighted by Crippen LogP contribution is -2.41. The molecule has 1 amide bonds. The smallest absolute Gasteiger partial charge is 0.417 e. The van der Waals surface area contributed by atoms with Gasteiger partial charge >= 0.3 is 6.18 Å². The van der Waals surface area contributed by atoms with Gasteiger partial charge in [-0.1, -0.05) is 0 Å². The normalized spacial score (nSPS) is 16.2. The number of hydrogen-bond acceptors (Lipinski definition) is 4. The molecule has 2 aromatic rings. The van der Waals surface area contributed by atoms with Crippen molar-refractivity contribution in [3.8, 4) is 5.88 Å². The molecule has 0 aromatic carbocycles. The van der Waals surface area contributed by atoms with Crippen LogP contribution in [0.25, 0.3) is 6.08 Å². The van der Waals surface area contributed by atoms with Crippen molar-refractivity contribution in [1.29, 1.82) is 0 Å². The molecule has 0 unspecified atom stereocenters. The standard InChI is InChI=1S/C18H17F3N2O3/c19-18(20,21)13-3-5-16(22-12-13)26-15-7-9-23(10-8-15)17(24)6-4-14-2-1-11-25-14/h1-6,11-12,15H,7-10H2/b6-4+. The van der Waals surface area contributed by atoms with Gasteiger partial charge in [-0.05, 0) is 24.3 Å². The first-order valence-electron chi connectivity index (χ1n) is 8.12. The van der Waals surface area contributed by atoms with E-state index >= 15 is 0 Å². The highest BCUT2D eigenvalue weighted by Gasteiger charge is 2.31. The molecular weight excluding hydrogens is 349 g/mol. The number of alkyl halides is 3. The second-order valence-electron chi connectivity index (χ2n) is 5.87. The summed E-state index contributed by atoms with van der Waals surface area (Å²) in [5.41, 5.74) is -0.811. The molecule has 1 aliphatic heterocycles. The van der Waals surface area contributed by atoms with Gasteiger partial charge in [0.1, 0.15) is 11.9 Å². The molecule has 5 nitrogen and oxygen atoms in total. The van der Waals surface area contributed by atoms with Gasteiger partial charge in [0.15, 0.2) is 0 Å². The van der Waals surface area contributed by atoms with Crippen molar-refractivity contribution in [3.63, 3.8) is 0 Å². The number of furan rings is 1. The molecule has 0 bridgehead atoms. The van der Waals surface area contributed by atoms with Gasteiger partial charge in [-0.2, -0.15) is 13.2 Å². The molecule has 0 spiro atoms. The van der Waals surface area contributed by atoms with Crippen molar-refractivity contribution < 1.29 is 27.1 Å². The van der Waals surface area contributed by atoms with Crippen molar-refractivity contribution in [3.05, 3.63) is 54.1 Å². The van der Waals surface area contributed by atoms with Gasteiger partial charge in [0, 0.05) is 44.3 Å². The number of nitrogens with zero attached hydrogens (tertiary/aromatic N) is 2. The zero-order valence-electron chi connectivity index (χ0n) is 13.8. The van der Waals surface area contributed by atoms with Crippen LogP contribution in [-0.2, 0) is 11.0 Å². The first kappa shape index (κ1) is 18.0. The summed E-state index contributed by atoms with van der Waals surface area (Å²) in [7, 11) is 0. The Labute approximate surface area is 148 Å². The van der Waals surface area contributed by atoms with Crippen LogP contribution in [0.5, 0.6) is 5.88 Å². The number of halogens is 3. The van der Waals surface area contributed by atoms with E-state index < -0.39 is 11.7 Å². The van der Waals surface area contributed by atoms with E-state index in [1.807, 2.05) is 0 Å². The van der Waals surface area contributed by atoms with Crippen LogP contribution in [0.15, 0.2) is 47.2 Å². The van der Waals surface area contributed by atoms with Gasteiger partial charge in [0.05, 0.1) is 11.8 Å². The molecule has 26 heavy (non-hydrogen) atoms. The van der Waals surface area contributed by atoms with E-state index in [1.54, 1.807) is 23.1 Å². The van der Waals surface area contributed by atoms with E-state index in [9.17, 15) is 18.0 Å². The van der Waals surface area contributed by atoms with Crippen LogP contribution in [0.2, 0.25) is 0 Å². The van der Waals surface area contributed by atoms with Crippen LogP contribution >= 0.6 is 0 Å². The number of likely N-dealkylation sites (tertiary alicyclic amines) is 1. The van der Waals surface area contributed by atoms with E-state index in [4.69, 9.17) is 9.15 Å². The van der Waals surface area contributed by atoms with E-state index in [2.05, 4.69) is 4.98 Å². The summed E-state index contributed by atoms with van der Waals surface area (Å²) in [5.74, 6) is 0.637. The molecule has 0 aliphatic carbocycles. The van der Waals surface area contributed by atoms with Crippen LogP contribution in [0.3, 0.4) is 0 Å². The fourth-order valence-electron chi connectivity index (χ4n) is 2.63. The van der Waals surface area contributed by atoms with Gasteiger partial charge < -0.3 is 14.1 Å². The zero-order valence-corrected chi connectivity index (χ0v) is 13.8. The zero-order chi connectivity index (χ0) is 18.6. The Morgan fingerprint density at radius 2 is 2.04 bits per heavy atom. The number of carbonyl (C=O) groups excluding carboxylic acids is 1. The Morgan fingerprint density at radius 1 is 1.27 bits per heavy atom. The van der Waals surface area contributed by atoms with Crippen LogP contribution in [0.1, 0.15) is 24.2 Å². The summed E-state index contributed by atoms with van der Waals surface area (Å²) >= 11 is 0. The fraction of sp³-hybridized carbons (Fsp3) is 0.333. The Morgan fingerprint density at radius 3 is 2.62 bits per heavy atom. The number of carbonyl (C=O) groups is 1. The Balaban J connectivity index is 1.48. The quantitative estimate of drug-likeness (QED) is 0.773. The summed E-state index contributed by atoms with van der Waals surface area (Å²) < 4.78 is 48.3. The summed E-state index contributed by atoms with van der Waals surface area (Å²) in [6.07, 6.45) is 1.92. The van der Waals surface area contributed by atoms with Crippen molar-refractivity contribution in [2.75, 3.05) is 13.1 Å². The number of ether oxygens (including phenoxy) is 1. The minimum absolute atomic E-state index is 0.118. The third-order valence-electron chi connectivity index (χ3n) is 4.04. The molecule has 0 saturated carbocycles. The Hall–Kier alpha value is -2.77. The molecule has 0 N–H and O–H groups in total. The maximum Gasteiger partial charge on any atom is 0.417 e. The number of aromatic nitrogens is 1.